The lowest BCUT2D eigenvalue weighted by Crippen LogP contribution is -2.42. The molecule has 2 aromatic carbocycles. The van der Waals surface area contributed by atoms with Crippen LogP contribution in [0.15, 0.2) is 59.8 Å². The number of nitrogens with zero attached hydrogens (tertiary/aromatic N) is 1. The van der Waals surface area contributed by atoms with Crippen LogP contribution in [0.2, 0.25) is 5.02 Å². The summed E-state index contributed by atoms with van der Waals surface area (Å²) in [4.78, 5) is 28.2. The Kier molecular flexibility index (Phi) is 11.3. The molecular formula is C29H35Cl2NO5. The molecule has 2 heterocycles. The fraction of sp³-hybridized carbons (Fsp3) is 0.448. The summed E-state index contributed by atoms with van der Waals surface area (Å²) in [5.74, 6) is 0.253. The van der Waals surface area contributed by atoms with Gasteiger partial charge in [0.15, 0.2) is 0 Å². The third-order valence-electron chi connectivity index (χ3n) is 6.36. The Balaban J connectivity index is 0.00000186. The highest BCUT2D eigenvalue weighted by Crippen LogP contribution is 2.38. The number of esters is 1. The quantitative estimate of drug-likeness (QED) is 0.265. The number of alkyl halides is 1. The number of halogens is 2. The second-order valence-electron chi connectivity index (χ2n) is 8.70. The molecule has 0 bridgehead atoms. The van der Waals surface area contributed by atoms with E-state index in [0.717, 1.165) is 24.0 Å². The van der Waals surface area contributed by atoms with E-state index in [9.17, 15) is 9.59 Å². The van der Waals surface area contributed by atoms with Crippen LogP contribution in [0.5, 0.6) is 5.75 Å². The Morgan fingerprint density at radius 3 is 2.43 bits per heavy atom. The highest BCUT2D eigenvalue weighted by atomic mass is 35.5. The zero-order valence-corrected chi connectivity index (χ0v) is 23.2. The van der Waals surface area contributed by atoms with Crippen molar-refractivity contribution in [3.05, 3.63) is 76.0 Å². The zero-order valence-electron chi connectivity index (χ0n) is 21.7. The van der Waals surface area contributed by atoms with E-state index >= 15 is 0 Å². The summed E-state index contributed by atoms with van der Waals surface area (Å²) in [7, 11) is 0. The lowest BCUT2D eigenvalue weighted by Gasteiger charge is -2.35. The van der Waals surface area contributed by atoms with Crippen LogP contribution in [0.1, 0.15) is 57.1 Å². The fourth-order valence-electron chi connectivity index (χ4n) is 4.54. The van der Waals surface area contributed by atoms with E-state index in [4.69, 9.17) is 37.4 Å². The number of hydrogen-bond acceptors (Lipinski definition) is 5. The van der Waals surface area contributed by atoms with Crippen molar-refractivity contribution in [2.24, 2.45) is 0 Å². The van der Waals surface area contributed by atoms with Gasteiger partial charge in [-0.25, -0.2) is 4.79 Å². The first-order chi connectivity index (χ1) is 18.0. The molecule has 37 heavy (non-hydrogen) atoms. The molecule has 0 N–H and O–H groups in total. The Morgan fingerprint density at radius 1 is 1.11 bits per heavy atom. The van der Waals surface area contributed by atoms with Crippen LogP contribution in [-0.2, 0) is 25.7 Å². The minimum Gasteiger partial charge on any atom is -0.492 e. The van der Waals surface area contributed by atoms with Gasteiger partial charge in [0.2, 0.25) is 5.91 Å². The van der Waals surface area contributed by atoms with Gasteiger partial charge in [0.1, 0.15) is 19.0 Å². The van der Waals surface area contributed by atoms with E-state index in [0.29, 0.717) is 47.7 Å². The van der Waals surface area contributed by atoms with Crippen molar-refractivity contribution in [1.29, 1.82) is 0 Å². The molecule has 2 unspecified atom stereocenters. The van der Waals surface area contributed by atoms with Crippen molar-refractivity contribution in [3.8, 4) is 5.75 Å². The summed E-state index contributed by atoms with van der Waals surface area (Å²) in [6.07, 6.45) is 2.05. The van der Waals surface area contributed by atoms with E-state index < -0.39 is 11.9 Å². The van der Waals surface area contributed by atoms with E-state index in [1.54, 1.807) is 17.0 Å². The topological polar surface area (TPSA) is 65.1 Å². The monoisotopic (exact) mass is 547 g/mol. The molecule has 2 aromatic rings. The van der Waals surface area contributed by atoms with Crippen molar-refractivity contribution in [2.45, 2.75) is 58.7 Å². The number of carbonyl (C=O) groups excluding carboxylic acids is 2. The maximum Gasteiger partial charge on any atom is 0.336 e. The van der Waals surface area contributed by atoms with Crippen molar-refractivity contribution in [2.75, 3.05) is 25.6 Å². The minimum atomic E-state index is -0.435. The molecule has 6 nitrogen and oxygen atoms in total. The first kappa shape index (κ1) is 29.0. The second-order valence-corrected chi connectivity index (χ2v) is 9.52. The summed E-state index contributed by atoms with van der Waals surface area (Å²) in [5.41, 5.74) is 2.80. The summed E-state index contributed by atoms with van der Waals surface area (Å²) in [6, 6.07) is 14.6. The zero-order chi connectivity index (χ0) is 26.8. The van der Waals surface area contributed by atoms with Gasteiger partial charge >= 0.3 is 5.97 Å². The van der Waals surface area contributed by atoms with Crippen LogP contribution in [-0.4, -0.2) is 48.5 Å². The Hall–Kier alpha value is -2.54. The molecule has 8 heteroatoms. The standard InChI is InChI=1S/C27H29Cl2NO5.C2H6/c1-18-26(27(32)35-17-19-4-10-22(11-5-19)34-14-12-28)24(20-6-8-21(29)9-7-20)15-25(31)30(18)16-23-3-2-13-33-23;1-2/h4-11,23-24H,2-3,12-17H2,1H3;1-2H3. The number of amides is 1. The molecule has 2 aliphatic heterocycles. The number of carbonyl (C=O) groups is 2. The number of allylic oxidation sites excluding steroid dienone is 1. The normalized spacial score (nSPS) is 19.4. The Morgan fingerprint density at radius 2 is 1.81 bits per heavy atom. The van der Waals surface area contributed by atoms with E-state index in [1.165, 1.54) is 0 Å². The van der Waals surface area contributed by atoms with Gasteiger partial charge in [-0.15, -0.1) is 11.6 Å². The lowest BCUT2D eigenvalue weighted by atomic mass is 9.83. The van der Waals surface area contributed by atoms with Gasteiger partial charge in [0.05, 0.1) is 24.1 Å². The largest absolute Gasteiger partial charge is 0.492 e. The fourth-order valence-corrected chi connectivity index (χ4v) is 4.74. The maximum absolute atomic E-state index is 13.4. The molecule has 4 rings (SSSR count). The predicted octanol–water partition coefficient (Wildman–Crippen LogP) is 6.50. The first-order valence-electron chi connectivity index (χ1n) is 12.8. The van der Waals surface area contributed by atoms with E-state index in [-0.39, 0.29) is 25.0 Å². The molecule has 2 aliphatic rings. The summed E-state index contributed by atoms with van der Waals surface area (Å²) in [6.45, 7) is 7.50. The van der Waals surface area contributed by atoms with Crippen molar-refractivity contribution >= 4 is 35.1 Å². The van der Waals surface area contributed by atoms with Gasteiger partial charge in [0.25, 0.3) is 0 Å². The smallest absolute Gasteiger partial charge is 0.336 e. The van der Waals surface area contributed by atoms with Crippen LogP contribution in [0.3, 0.4) is 0 Å². The van der Waals surface area contributed by atoms with Crippen LogP contribution in [0, 0.1) is 0 Å². The highest BCUT2D eigenvalue weighted by molar-refractivity contribution is 6.30. The van der Waals surface area contributed by atoms with Gasteiger partial charge in [-0.2, -0.15) is 0 Å². The Bertz CT molecular complexity index is 1060. The van der Waals surface area contributed by atoms with Gasteiger partial charge in [-0.05, 0) is 55.2 Å². The number of ether oxygens (including phenoxy) is 3. The summed E-state index contributed by atoms with van der Waals surface area (Å²) >= 11 is 11.7. The van der Waals surface area contributed by atoms with Gasteiger partial charge in [-0.1, -0.05) is 49.7 Å². The molecule has 1 fully saturated rings. The number of rotatable bonds is 9. The average molecular weight is 549 g/mol. The number of benzene rings is 2. The van der Waals surface area contributed by atoms with Crippen LogP contribution in [0.25, 0.3) is 0 Å². The summed E-state index contributed by atoms with van der Waals surface area (Å²) in [5, 5.41) is 0.596. The van der Waals surface area contributed by atoms with Gasteiger partial charge in [-0.3, -0.25) is 4.79 Å². The predicted molar refractivity (Wildman–Crippen MR) is 146 cm³/mol. The van der Waals surface area contributed by atoms with Crippen LogP contribution < -0.4 is 4.74 Å². The maximum atomic E-state index is 13.4. The Labute approximate surface area is 229 Å². The van der Waals surface area contributed by atoms with Crippen molar-refractivity contribution in [1.82, 2.24) is 4.90 Å². The molecule has 0 spiro atoms. The lowest BCUT2D eigenvalue weighted by molar-refractivity contribution is -0.141. The molecule has 1 amide bonds. The van der Waals surface area contributed by atoms with E-state index in [1.807, 2.05) is 57.2 Å². The van der Waals surface area contributed by atoms with Crippen molar-refractivity contribution < 1.29 is 23.8 Å². The van der Waals surface area contributed by atoms with Crippen LogP contribution >= 0.6 is 23.2 Å². The highest BCUT2D eigenvalue weighted by Gasteiger charge is 2.38. The number of hydrogen-bond donors (Lipinski definition) is 0. The molecule has 1 saturated heterocycles. The van der Waals surface area contributed by atoms with Crippen molar-refractivity contribution in [3.63, 3.8) is 0 Å². The SMILES string of the molecule is CC.CC1=C(C(=O)OCc2ccc(OCCCl)cc2)C(c2ccc(Cl)cc2)CC(=O)N1CC1CCCO1. The molecule has 0 saturated carbocycles. The van der Waals surface area contributed by atoms with Gasteiger partial charge < -0.3 is 19.1 Å². The van der Waals surface area contributed by atoms with Gasteiger partial charge in [0, 0.05) is 29.7 Å². The first-order valence-corrected chi connectivity index (χ1v) is 13.7. The summed E-state index contributed by atoms with van der Waals surface area (Å²) < 4.78 is 17.0. The minimum absolute atomic E-state index is 0.0159. The third kappa shape index (κ3) is 7.73. The molecule has 0 aromatic heterocycles. The van der Waals surface area contributed by atoms with Crippen LogP contribution in [0.4, 0.5) is 0 Å². The van der Waals surface area contributed by atoms with E-state index in [2.05, 4.69) is 0 Å². The molecule has 2 atom stereocenters. The molecule has 0 aliphatic carbocycles. The molecule has 0 radical (unpaired) electrons. The molecule has 200 valence electrons. The second kappa shape index (κ2) is 14.4. The average Bonchev–Trinajstić information content (AvgIpc) is 3.44. The molecular weight excluding hydrogens is 513 g/mol. The third-order valence-corrected chi connectivity index (χ3v) is 6.77.